The maximum absolute atomic E-state index is 12.6. The number of aromatic nitrogens is 3. The molecule has 2 aromatic carbocycles. The first kappa shape index (κ1) is 16.0. The Hall–Kier alpha value is -3.19. The molecule has 0 bridgehead atoms. The van der Waals surface area contributed by atoms with Gasteiger partial charge in [0, 0.05) is 17.8 Å². The van der Waals surface area contributed by atoms with E-state index in [1.54, 1.807) is 4.90 Å². The molecule has 2 aliphatic rings. The van der Waals surface area contributed by atoms with Crippen LogP contribution in [0.1, 0.15) is 11.7 Å². The highest BCUT2D eigenvalue weighted by Gasteiger charge is 2.42. The van der Waals surface area contributed by atoms with Crippen LogP contribution in [-0.4, -0.2) is 45.1 Å². The minimum absolute atomic E-state index is 0.0137. The average molecular weight is 361 g/mol. The van der Waals surface area contributed by atoms with Gasteiger partial charge in [0.25, 0.3) is 0 Å². The van der Waals surface area contributed by atoms with Crippen molar-refractivity contribution in [2.45, 2.75) is 18.8 Å². The lowest BCUT2D eigenvalue weighted by molar-refractivity contribution is -0.00406. The quantitative estimate of drug-likeness (QED) is 0.762. The number of hydrogen-bond donors (Lipinski definition) is 1. The predicted molar refractivity (Wildman–Crippen MR) is 100 cm³/mol. The Bertz CT molecular complexity index is 957. The van der Waals surface area contributed by atoms with E-state index < -0.39 is 0 Å². The Morgan fingerprint density at radius 1 is 1.04 bits per heavy atom. The van der Waals surface area contributed by atoms with Gasteiger partial charge in [-0.05, 0) is 12.1 Å². The van der Waals surface area contributed by atoms with Crippen molar-refractivity contribution in [1.29, 1.82) is 0 Å². The Kier molecular flexibility index (Phi) is 3.86. The van der Waals surface area contributed by atoms with Gasteiger partial charge < -0.3 is 15.0 Å². The number of carbonyl (C=O) groups is 1. The fourth-order valence-electron chi connectivity index (χ4n) is 3.77. The Morgan fingerprint density at radius 2 is 1.78 bits per heavy atom. The van der Waals surface area contributed by atoms with E-state index in [4.69, 9.17) is 4.74 Å². The molecule has 3 aromatic rings. The molecule has 7 nitrogen and oxygen atoms in total. The van der Waals surface area contributed by atoms with Gasteiger partial charge in [-0.25, -0.2) is 9.48 Å². The van der Waals surface area contributed by atoms with Gasteiger partial charge in [0.15, 0.2) is 0 Å². The van der Waals surface area contributed by atoms with Gasteiger partial charge in [0.05, 0.1) is 31.0 Å². The van der Waals surface area contributed by atoms with Crippen LogP contribution in [0.2, 0.25) is 0 Å². The molecule has 0 saturated carbocycles. The van der Waals surface area contributed by atoms with Gasteiger partial charge >= 0.3 is 6.03 Å². The van der Waals surface area contributed by atoms with Crippen LogP contribution in [0.4, 0.5) is 10.5 Å². The normalized spacial score (nSPS) is 20.8. The number of nitrogens with zero attached hydrogens (tertiary/aromatic N) is 4. The van der Waals surface area contributed by atoms with Crippen molar-refractivity contribution in [2.24, 2.45) is 0 Å². The lowest BCUT2D eigenvalue weighted by Crippen LogP contribution is -2.34. The molecule has 0 aliphatic carbocycles. The first-order valence-corrected chi connectivity index (χ1v) is 9.01. The average Bonchev–Trinajstić information content (AvgIpc) is 3.33. The van der Waals surface area contributed by atoms with Gasteiger partial charge in [-0.15, -0.1) is 5.10 Å². The molecule has 3 heterocycles. The van der Waals surface area contributed by atoms with Crippen LogP contribution < -0.4 is 5.32 Å². The molecule has 2 amide bonds. The first-order valence-electron chi connectivity index (χ1n) is 9.01. The number of rotatable bonds is 2. The summed E-state index contributed by atoms with van der Waals surface area (Å²) in [5, 5.41) is 11.7. The second-order valence-electron chi connectivity index (χ2n) is 6.81. The van der Waals surface area contributed by atoms with Gasteiger partial charge in [-0.3, -0.25) is 0 Å². The van der Waals surface area contributed by atoms with Crippen molar-refractivity contribution in [2.75, 3.05) is 18.4 Å². The molecule has 0 unspecified atom stereocenters. The minimum atomic E-state index is -0.121. The number of ether oxygens (including phenoxy) is 1. The molecule has 136 valence electrons. The number of hydrogen-bond acceptors (Lipinski definition) is 4. The summed E-state index contributed by atoms with van der Waals surface area (Å²) in [6.45, 7) is 1.55. The van der Waals surface area contributed by atoms with Gasteiger partial charge in [-0.2, -0.15) is 0 Å². The number of nitrogens with one attached hydrogen (secondary N) is 1. The zero-order chi connectivity index (χ0) is 18.2. The van der Waals surface area contributed by atoms with Gasteiger partial charge in [0.1, 0.15) is 5.69 Å². The Labute approximate surface area is 156 Å². The summed E-state index contributed by atoms with van der Waals surface area (Å²) < 4.78 is 7.99. The third-order valence-corrected chi connectivity index (χ3v) is 5.14. The maximum Gasteiger partial charge on any atom is 0.322 e. The Morgan fingerprint density at radius 3 is 2.56 bits per heavy atom. The van der Waals surface area contributed by atoms with Gasteiger partial charge in [-0.1, -0.05) is 53.7 Å². The highest BCUT2D eigenvalue weighted by Crippen LogP contribution is 2.34. The third kappa shape index (κ3) is 2.86. The zero-order valence-electron chi connectivity index (χ0n) is 14.7. The molecule has 1 saturated heterocycles. The summed E-state index contributed by atoms with van der Waals surface area (Å²) in [5.74, 6) is 0. The SMILES string of the molecule is O=C(Nc1ccccc1)N1C[C@@H]2[C@@H](C1)OCc1c(-c3ccccc3)nnn12. The summed E-state index contributed by atoms with van der Waals surface area (Å²) in [4.78, 5) is 14.4. The maximum atomic E-state index is 12.6. The first-order chi connectivity index (χ1) is 13.3. The van der Waals surface area contributed by atoms with Crippen LogP contribution in [-0.2, 0) is 11.3 Å². The number of anilines is 1. The molecule has 0 spiro atoms. The molecule has 1 N–H and O–H groups in total. The second-order valence-corrected chi connectivity index (χ2v) is 6.81. The van der Waals surface area contributed by atoms with Crippen molar-refractivity contribution in [1.82, 2.24) is 19.9 Å². The van der Waals surface area contributed by atoms with Crippen LogP contribution in [0, 0.1) is 0 Å². The lowest BCUT2D eigenvalue weighted by atomic mass is 10.1. The molecule has 27 heavy (non-hydrogen) atoms. The van der Waals surface area contributed by atoms with Gasteiger partial charge in [0.2, 0.25) is 0 Å². The van der Waals surface area contributed by atoms with E-state index >= 15 is 0 Å². The third-order valence-electron chi connectivity index (χ3n) is 5.14. The van der Waals surface area contributed by atoms with Crippen molar-refractivity contribution in [3.63, 3.8) is 0 Å². The monoisotopic (exact) mass is 361 g/mol. The molecule has 7 heteroatoms. The molecule has 0 radical (unpaired) electrons. The molecule has 1 fully saturated rings. The van der Waals surface area contributed by atoms with E-state index in [-0.39, 0.29) is 18.2 Å². The largest absolute Gasteiger partial charge is 0.368 e. The smallest absolute Gasteiger partial charge is 0.322 e. The zero-order valence-corrected chi connectivity index (χ0v) is 14.7. The minimum Gasteiger partial charge on any atom is -0.368 e. The number of fused-ring (bicyclic) bond motifs is 3. The van der Waals surface area contributed by atoms with E-state index in [1.807, 2.05) is 65.3 Å². The summed E-state index contributed by atoms with van der Waals surface area (Å²) in [7, 11) is 0. The summed E-state index contributed by atoms with van der Waals surface area (Å²) >= 11 is 0. The van der Waals surface area contributed by atoms with Crippen LogP contribution in [0.25, 0.3) is 11.3 Å². The van der Waals surface area contributed by atoms with Crippen molar-refractivity contribution in [3.05, 3.63) is 66.4 Å². The van der Waals surface area contributed by atoms with Crippen LogP contribution in [0.3, 0.4) is 0 Å². The number of benzene rings is 2. The van der Waals surface area contributed by atoms with E-state index in [2.05, 4.69) is 15.6 Å². The highest BCUT2D eigenvalue weighted by molar-refractivity contribution is 5.89. The van der Waals surface area contributed by atoms with Crippen LogP contribution >= 0.6 is 0 Å². The molecule has 2 aliphatic heterocycles. The van der Waals surface area contributed by atoms with Crippen molar-refractivity contribution < 1.29 is 9.53 Å². The summed E-state index contributed by atoms with van der Waals surface area (Å²) in [6.07, 6.45) is -0.0654. The standard InChI is InChI=1S/C20H19N5O2/c26-20(21-15-9-5-2-6-10-15)24-11-16-18(12-24)27-13-17-19(22-23-25(16)17)14-7-3-1-4-8-14/h1-10,16,18H,11-13H2,(H,21,26)/t16-,18-/m1/s1. The number of para-hydroxylation sites is 1. The fraction of sp³-hybridized carbons (Fsp3) is 0.250. The van der Waals surface area contributed by atoms with E-state index in [1.165, 1.54) is 0 Å². The molecule has 2 atom stereocenters. The number of amides is 2. The van der Waals surface area contributed by atoms with Crippen molar-refractivity contribution >= 4 is 11.7 Å². The second kappa shape index (κ2) is 6.51. The topological polar surface area (TPSA) is 72.3 Å². The lowest BCUT2D eigenvalue weighted by Gasteiger charge is -2.26. The van der Waals surface area contributed by atoms with Crippen molar-refractivity contribution in [3.8, 4) is 11.3 Å². The number of urea groups is 1. The predicted octanol–water partition coefficient (Wildman–Crippen LogP) is 2.93. The molecular formula is C20H19N5O2. The Balaban J connectivity index is 1.36. The highest BCUT2D eigenvalue weighted by atomic mass is 16.5. The van der Waals surface area contributed by atoms with Crippen LogP contribution in [0.15, 0.2) is 60.7 Å². The van der Waals surface area contributed by atoms with E-state index in [0.29, 0.717) is 19.7 Å². The van der Waals surface area contributed by atoms with E-state index in [9.17, 15) is 4.79 Å². The number of likely N-dealkylation sites (tertiary alicyclic amines) is 1. The molecule has 1 aromatic heterocycles. The fourth-order valence-corrected chi connectivity index (χ4v) is 3.77. The summed E-state index contributed by atoms with van der Waals surface area (Å²) in [5.41, 5.74) is 3.62. The molecular weight excluding hydrogens is 342 g/mol. The molecule has 5 rings (SSSR count). The summed E-state index contributed by atoms with van der Waals surface area (Å²) in [6, 6.07) is 19.3. The van der Waals surface area contributed by atoms with E-state index in [0.717, 1.165) is 22.6 Å². The number of carbonyl (C=O) groups excluding carboxylic acids is 1. The van der Waals surface area contributed by atoms with Crippen LogP contribution in [0.5, 0.6) is 0 Å².